The van der Waals surface area contributed by atoms with E-state index in [9.17, 15) is 9.59 Å². The number of nitrogens with zero attached hydrogens (tertiary/aromatic N) is 2. The zero-order valence-electron chi connectivity index (χ0n) is 10.1. The Morgan fingerprint density at radius 1 is 1.41 bits per heavy atom. The van der Waals surface area contributed by atoms with Gasteiger partial charge in [-0.15, -0.1) is 4.74 Å². The van der Waals surface area contributed by atoms with Crippen molar-refractivity contribution >= 4 is 6.03 Å². The molecule has 1 aliphatic heterocycles. The van der Waals surface area contributed by atoms with Crippen molar-refractivity contribution in [1.82, 2.24) is 9.64 Å². The predicted octanol–water partition coefficient (Wildman–Crippen LogP) is 1.85. The molecule has 0 N–H and O–H groups in total. The standard InChI is InChI=1S/C12H18N2O3/c1-2-3-6-10-9-11(15)17-14(10)12(16)13-7-4-5-8-13/h9H,2-8H2,1H3. The number of aryl methyl sites for hydroxylation is 1. The molecular formula is C12H18N2O3. The summed E-state index contributed by atoms with van der Waals surface area (Å²) in [6, 6.07) is 1.22. The van der Waals surface area contributed by atoms with Gasteiger partial charge in [-0.2, -0.15) is 0 Å². The van der Waals surface area contributed by atoms with Crippen molar-refractivity contribution in [2.75, 3.05) is 13.1 Å². The van der Waals surface area contributed by atoms with E-state index in [1.807, 2.05) is 0 Å². The Bertz CT molecular complexity index is 441. The van der Waals surface area contributed by atoms with Crippen molar-refractivity contribution in [3.8, 4) is 0 Å². The molecule has 2 heterocycles. The van der Waals surface area contributed by atoms with Crippen LogP contribution in [0.3, 0.4) is 0 Å². The first-order valence-electron chi connectivity index (χ1n) is 6.24. The van der Waals surface area contributed by atoms with Crippen LogP contribution in [0.15, 0.2) is 15.4 Å². The van der Waals surface area contributed by atoms with Gasteiger partial charge in [0.15, 0.2) is 0 Å². The van der Waals surface area contributed by atoms with Crippen LogP contribution in [0.25, 0.3) is 0 Å². The van der Waals surface area contributed by atoms with E-state index >= 15 is 0 Å². The third-order valence-electron chi connectivity index (χ3n) is 3.06. The van der Waals surface area contributed by atoms with Crippen LogP contribution in [-0.4, -0.2) is 28.8 Å². The number of likely N-dealkylation sites (tertiary alicyclic amines) is 1. The van der Waals surface area contributed by atoms with Gasteiger partial charge in [-0.1, -0.05) is 13.3 Å². The second-order valence-electron chi connectivity index (χ2n) is 4.42. The monoisotopic (exact) mass is 238 g/mol. The molecule has 1 aromatic heterocycles. The van der Waals surface area contributed by atoms with Crippen LogP contribution in [-0.2, 0) is 6.42 Å². The highest BCUT2D eigenvalue weighted by molar-refractivity contribution is 5.76. The van der Waals surface area contributed by atoms with Crippen LogP contribution < -0.4 is 5.63 Å². The number of carbonyl (C=O) groups is 1. The molecule has 5 nitrogen and oxygen atoms in total. The maximum absolute atomic E-state index is 12.1. The lowest BCUT2D eigenvalue weighted by atomic mass is 10.2. The van der Waals surface area contributed by atoms with Crippen LogP contribution in [0, 0.1) is 0 Å². The molecule has 0 bridgehead atoms. The highest BCUT2D eigenvalue weighted by Crippen LogP contribution is 2.12. The SMILES string of the molecule is CCCCc1cc(=O)on1C(=O)N1CCCC1. The van der Waals surface area contributed by atoms with Crippen LogP contribution in [0.1, 0.15) is 38.3 Å². The van der Waals surface area contributed by atoms with Gasteiger partial charge in [0, 0.05) is 19.2 Å². The molecule has 0 aromatic carbocycles. The zero-order chi connectivity index (χ0) is 12.3. The molecule has 0 radical (unpaired) electrons. The number of carbonyl (C=O) groups excluding carboxylic acids is 1. The van der Waals surface area contributed by atoms with Gasteiger partial charge in [0.05, 0.1) is 5.69 Å². The fraction of sp³-hybridized carbons (Fsp3) is 0.667. The average molecular weight is 238 g/mol. The first-order chi connectivity index (χ1) is 8.22. The first-order valence-corrected chi connectivity index (χ1v) is 6.24. The summed E-state index contributed by atoms with van der Waals surface area (Å²) in [7, 11) is 0. The lowest BCUT2D eigenvalue weighted by molar-refractivity contribution is 0.173. The molecule has 5 heteroatoms. The minimum atomic E-state index is -0.441. The lowest BCUT2D eigenvalue weighted by Gasteiger charge is -2.15. The minimum Gasteiger partial charge on any atom is -0.327 e. The molecule has 17 heavy (non-hydrogen) atoms. The molecule has 94 valence electrons. The fourth-order valence-corrected chi connectivity index (χ4v) is 2.10. The Balaban J connectivity index is 2.18. The normalized spacial score (nSPS) is 15.5. The summed E-state index contributed by atoms with van der Waals surface area (Å²) < 4.78 is 6.13. The van der Waals surface area contributed by atoms with Crippen molar-refractivity contribution in [2.24, 2.45) is 0 Å². The third-order valence-corrected chi connectivity index (χ3v) is 3.06. The molecule has 2 rings (SSSR count). The van der Waals surface area contributed by atoms with Gasteiger partial charge in [-0.3, -0.25) is 0 Å². The van der Waals surface area contributed by atoms with Crippen molar-refractivity contribution in [1.29, 1.82) is 0 Å². The number of unbranched alkanes of at least 4 members (excludes halogenated alkanes) is 1. The maximum Gasteiger partial charge on any atom is 0.358 e. The van der Waals surface area contributed by atoms with Crippen LogP contribution in [0.2, 0.25) is 0 Å². The molecule has 1 amide bonds. The van der Waals surface area contributed by atoms with E-state index < -0.39 is 5.63 Å². The Kier molecular flexibility index (Phi) is 3.66. The van der Waals surface area contributed by atoms with Gasteiger partial charge in [0.2, 0.25) is 0 Å². The van der Waals surface area contributed by atoms with E-state index in [-0.39, 0.29) is 6.03 Å². The molecular weight excluding hydrogens is 220 g/mol. The van der Waals surface area contributed by atoms with Crippen molar-refractivity contribution in [3.63, 3.8) is 0 Å². The Morgan fingerprint density at radius 2 is 2.12 bits per heavy atom. The predicted molar refractivity (Wildman–Crippen MR) is 63.2 cm³/mol. The number of hydrogen-bond acceptors (Lipinski definition) is 3. The van der Waals surface area contributed by atoms with Gasteiger partial charge in [-0.05, 0) is 25.7 Å². The number of hydrogen-bond donors (Lipinski definition) is 0. The van der Waals surface area contributed by atoms with E-state index in [4.69, 9.17) is 4.52 Å². The largest absolute Gasteiger partial charge is 0.358 e. The number of aromatic nitrogens is 1. The molecule has 1 aliphatic rings. The number of rotatable bonds is 3. The molecule has 0 spiro atoms. The molecule has 1 saturated heterocycles. The first kappa shape index (κ1) is 12.0. The summed E-state index contributed by atoms with van der Waals surface area (Å²) in [5.41, 5.74) is 0.248. The zero-order valence-corrected chi connectivity index (χ0v) is 10.1. The molecule has 0 unspecified atom stereocenters. The van der Waals surface area contributed by atoms with Gasteiger partial charge in [0.25, 0.3) is 0 Å². The second-order valence-corrected chi connectivity index (χ2v) is 4.42. The van der Waals surface area contributed by atoms with E-state index in [0.29, 0.717) is 12.1 Å². The fourth-order valence-electron chi connectivity index (χ4n) is 2.10. The molecule has 0 saturated carbocycles. The Labute approximate surface area is 100.0 Å². The summed E-state index contributed by atoms with van der Waals surface area (Å²) in [4.78, 5) is 25.1. The topological polar surface area (TPSA) is 55.5 Å². The summed E-state index contributed by atoms with van der Waals surface area (Å²) in [5, 5.41) is 0. The third kappa shape index (κ3) is 2.60. The van der Waals surface area contributed by atoms with Crippen molar-refractivity contribution < 1.29 is 9.32 Å². The van der Waals surface area contributed by atoms with Crippen molar-refractivity contribution in [3.05, 3.63) is 22.2 Å². The highest BCUT2D eigenvalue weighted by Gasteiger charge is 2.23. The van der Waals surface area contributed by atoms with Crippen LogP contribution in [0.4, 0.5) is 4.79 Å². The van der Waals surface area contributed by atoms with Gasteiger partial charge in [0.1, 0.15) is 0 Å². The van der Waals surface area contributed by atoms with Crippen molar-refractivity contribution in [2.45, 2.75) is 39.0 Å². The molecule has 1 fully saturated rings. The van der Waals surface area contributed by atoms with Gasteiger partial charge in [-0.25, -0.2) is 9.59 Å². The highest BCUT2D eigenvalue weighted by atomic mass is 16.5. The molecule has 1 aromatic rings. The smallest absolute Gasteiger partial charge is 0.327 e. The van der Waals surface area contributed by atoms with E-state index in [2.05, 4.69) is 6.92 Å². The maximum atomic E-state index is 12.1. The quantitative estimate of drug-likeness (QED) is 0.807. The van der Waals surface area contributed by atoms with E-state index in [1.54, 1.807) is 4.90 Å². The average Bonchev–Trinajstić information content (AvgIpc) is 2.94. The van der Waals surface area contributed by atoms with E-state index in [0.717, 1.165) is 38.8 Å². The van der Waals surface area contributed by atoms with Crippen LogP contribution >= 0.6 is 0 Å². The summed E-state index contributed by atoms with van der Waals surface area (Å²) >= 11 is 0. The second kappa shape index (κ2) is 5.21. The minimum absolute atomic E-state index is 0.198. The van der Waals surface area contributed by atoms with Gasteiger partial charge < -0.3 is 9.42 Å². The summed E-state index contributed by atoms with van der Waals surface area (Å²) in [6.07, 6.45) is 4.74. The lowest BCUT2D eigenvalue weighted by Crippen LogP contribution is -2.32. The number of amides is 1. The van der Waals surface area contributed by atoms with E-state index in [1.165, 1.54) is 10.8 Å². The molecule has 0 aliphatic carbocycles. The van der Waals surface area contributed by atoms with Crippen LogP contribution in [0.5, 0.6) is 0 Å². The Hall–Kier alpha value is -1.52. The summed E-state index contributed by atoms with van der Waals surface area (Å²) in [6.45, 7) is 3.59. The Morgan fingerprint density at radius 3 is 2.76 bits per heavy atom. The molecule has 0 atom stereocenters. The summed E-state index contributed by atoms with van der Waals surface area (Å²) in [5.74, 6) is 0. The van der Waals surface area contributed by atoms with Gasteiger partial charge >= 0.3 is 11.7 Å².